The van der Waals surface area contributed by atoms with Crippen LogP contribution in [0, 0.1) is 10.1 Å². The summed E-state index contributed by atoms with van der Waals surface area (Å²) in [4.78, 5) is 33.1. The third-order valence-corrected chi connectivity index (χ3v) is 3.32. The van der Waals surface area contributed by atoms with Crippen molar-refractivity contribution in [1.82, 2.24) is 0 Å². The number of aliphatic hydroxyl groups is 1. The van der Waals surface area contributed by atoms with Gasteiger partial charge < -0.3 is 14.6 Å². The highest BCUT2D eigenvalue weighted by atomic mass is 16.6. The zero-order valence-corrected chi connectivity index (χ0v) is 12.4. The van der Waals surface area contributed by atoms with Crippen molar-refractivity contribution >= 4 is 23.2 Å². The van der Waals surface area contributed by atoms with Crippen molar-refractivity contribution in [3.63, 3.8) is 0 Å². The van der Waals surface area contributed by atoms with Crippen molar-refractivity contribution in [2.75, 3.05) is 6.61 Å². The van der Waals surface area contributed by atoms with Crippen LogP contribution in [0.2, 0.25) is 0 Å². The molecular formula is C15H15NO7. The Labute approximate surface area is 131 Å². The number of esters is 2. The zero-order valence-electron chi connectivity index (χ0n) is 12.4. The van der Waals surface area contributed by atoms with Crippen molar-refractivity contribution in [3.05, 3.63) is 45.7 Å². The summed E-state index contributed by atoms with van der Waals surface area (Å²) in [6.45, 7) is 1.93. The highest BCUT2D eigenvalue weighted by Gasteiger charge is 2.35. The number of carbonyl (C=O) groups is 2. The quantitative estimate of drug-likeness (QED) is 0.484. The molecule has 0 fully saturated rings. The van der Waals surface area contributed by atoms with Crippen molar-refractivity contribution < 1.29 is 29.1 Å². The summed E-state index contributed by atoms with van der Waals surface area (Å²) in [5, 5.41) is 20.6. The Kier molecular flexibility index (Phi) is 4.95. The molecule has 0 saturated heterocycles. The number of non-ortho nitro benzene ring substituents is 1. The lowest BCUT2D eigenvalue weighted by molar-refractivity contribution is -0.384. The SMILES string of the molecule is CCOC(=O)CCC1OC(=O)C(O)=C1c1ccc([N+](=O)[O-])cc1. The summed E-state index contributed by atoms with van der Waals surface area (Å²) in [6, 6.07) is 5.37. The van der Waals surface area contributed by atoms with Crippen LogP contribution >= 0.6 is 0 Å². The van der Waals surface area contributed by atoms with Gasteiger partial charge in [-0.3, -0.25) is 14.9 Å². The normalized spacial score (nSPS) is 17.1. The van der Waals surface area contributed by atoms with Crippen LogP contribution in [0.5, 0.6) is 0 Å². The van der Waals surface area contributed by atoms with Crippen LogP contribution in [-0.2, 0) is 19.1 Å². The molecule has 1 aromatic carbocycles. The van der Waals surface area contributed by atoms with E-state index < -0.39 is 28.7 Å². The van der Waals surface area contributed by atoms with Crippen molar-refractivity contribution in [2.24, 2.45) is 0 Å². The Bertz CT molecular complexity index is 663. The van der Waals surface area contributed by atoms with Crippen LogP contribution in [0.3, 0.4) is 0 Å². The molecule has 2 rings (SSSR count). The number of carbonyl (C=O) groups excluding carboxylic acids is 2. The summed E-state index contributed by atoms with van der Waals surface area (Å²) in [6.07, 6.45) is -0.621. The van der Waals surface area contributed by atoms with E-state index in [-0.39, 0.29) is 30.7 Å². The van der Waals surface area contributed by atoms with Gasteiger partial charge in [-0.2, -0.15) is 0 Å². The lowest BCUT2D eigenvalue weighted by Crippen LogP contribution is -2.14. The number of hydrogen-bond acceptors (Lipinski definition) is 7. The standard InChI is InChI=1S/C15H15NO7/c1-2-22-12(17)8-7-11-13(14(18)15(19)23-11)9-3-5-10(6-4-9)16(20)21/h3-6,11,18H,2,7-8H2,1H3. The molecule has 8 heteroatoms. The van der Waals surface area contributed by atoms with E-state index in [2.05, 4.69) is 0 Å². The molecule has 0 bridgehead atoms. The smallest absolute Gasteiger partial charge is 0.374 e. The number of benzene rings is 1. The van der Waals surface area contributed by atoms with Gasteiger partial charge in [0.15, 0.2) is 0 Å². The second-order valence-electron chi connectivity index (χ2n) is 4.80. The van der Waals surface area contributed by atoms with Crippen LogP contribution < -0.4 is 0 Å². The van der Waals surface area contributed by atoms with Crippen LogP contribution in [0.15, 0.2) is 30.0 Å². The predicted molar refractivity (Wildman–Crippen MR) is 78.4 cm³/mol. The number of ether oxygens (including phenoxy) is 2. The number of nitro groups is 1. The van der Waals surface area contributed by atoms with Gasteiger partial charge >= 0.3 is 11.9 Å². The molecule has 1 aromatic rings. The summed E-state index contributed by atoms with van der Waals surface area (Å²) < 4.78 is 9.85. The van der Waals surface area contributed by atoms with Crippen molar-refractivity contribution in [1.29, 1.82) is 0 Å². The average molecular weight is 321 g/mol. The zero-order chi connectivity index (χ0) is 17.0. The fraction of sp³-hybridized carbons (Fsp3) is 0.333. The van der Waals surface area contributed by atoms with E-state index in [0.717, 1.165) is 0 Å². The van der Waals surface area contributed by atoms with Gasteiger partial charge in [0.1, 0.15) is 6.10 Å². The first-order valence-corrected chi connectivity index (χ1v) is 6.98. The van der Waals surface area contributed by atoms with Gasteiger partial charge in [-0.1, -0.05) is 0 Å². The Morgan fingerprint density at radius 1 is 1.39 bits per heavy atom. The third-order valence-electron chi connectivity index (χ3n) is 3.32. The van der Waals surface area contributed by atoms with Gasteiger partial charge in [0.05, 0.1) is 11.5 Å². The second kappa shape index (κ2) is 6.91. The number of nitrogens with zero attached hydrogens (tertiary/aromatic N) is 1. The maximum absolute atomic E-state index is 11.6. The molecule has 0 spiro atoms. The van der Waals surface area contributed by atoms with Gasteiger partial charge in [-0.05, 0) is 31.0 Å². The van der Waals surface area contributed by atoms with Crippen LogP contribution in [-0.4, -0.2) is 34.7 Å². The first-order valence-electron chi connectivity index (χ1n) is 6.98. The minimum Gasteiger partial charge on any atom is -0.502 e. The molecule has 122 valence electrons. The van der Waals surface area contributed by atoms with E-state index in [1.165, 1.54) is 24.3 Å². The average Bonchev–Trinajstić information content (AvgIpc) is 2.80. The largest absolute Gasteiger partial charge is 0.502 e. The van der Waals surface area contributed by atoms with Crippen LogP contribution in [0.25, 0.3) is 5.57 Å². The lowest BCUT2D eigenvalue weighted by Gasteiger charge is -2.13. The first-order chi connectivity index (χ1) is 10.9. The highest BCUT2D eigenvalue weighted by Crippen LogP contribution is 2.33. The van der Waals surface area contributed by atoms with Crippen molar-refractivity contribution in [2.45, 2.75) is 25.9 Å². The highest BCUT2D eigenvalue weighted by molar-refractivity contribution is 6.00. The maximum atomic E-state index is 11.6. The number of nitro benzene ring substituents is 1. The van der Waals surface area contributed by atoms with Gasteiger partial charge in [-0.25, -0.2) is 4.79 Å². The number of aliphatic hydroxyl groups excluding tert-OH is 1. The van der Waals surface area contributed by atoms with Crippen molar-refractivity contribution in [3.8, 4) is 0 Å². The van der Waals surface area contributed by atoms with Gasteiger partial charge in [0, 0.05) is 24.1 Å². The van der Waals surface area contributed by atoms with Gasteiger partial charge in [-0.15, -0.1) is 0 Å². The molecule has 1 aliphatic rings. The molecule has 0 radical (unpaired) electrons. The van der Waals surface area contributed by atoms with E-state index in [1.807, 2.05) is 0 Å². The molecule has 8 nitrogen and oxygen atoms in total. The van der Waals surface area contributed by atoms with E-state index >= 15 is 0 Å². The molecule has 1 unspecified atom stereocenters. The minimum atomic E-state index is -0.882. The number of cyclic esters (lactones) is 1. The monoisotopic (exact) mass is 321 g/mol. The van der Waals surface area contributed by atoms with E-state index in [0.29, 0.717) is 5.56 Å². The molecule has 0 aliphatic carbocycles. The summed E-state index contributed by atoms with van der Waals surface area (Å²) in [5.74, 6) is -1.86. The fourth-order valence-corrected chi connectivity index (χ4v) is 2.28. The van der Waals surface area contributed by atoms with Gasteiger partial charge in [0.2, 0.25) is 5.76 Å². The topological polar surface area (TPSA) is 116 Å². The Hall–Kier alpha value is -2.90. The Morgan fingerprint density at radius 3 is 2.61 bits per heavy atom. The predicted octanol–water partition coefficient (Wildman–Crippen LogP) is 2.13. The van der Waals surface area contributed by atoms with Gasteiger partial charge in [0.25, 0.3) is 5.69 Å². The maximum Gasteiger partial charge on any atom is 0.374 e. The molecular weight excluding hydrogens is 306 g/mol. The molecule has 23 heavy (non-hydrogen) atoms. The van der Waals surface area contributed by atoms with E-state index in [1.54, 1.807) is 6.92 Å². The van der Waals surface area contributed by atoms with E-state index in [9.17, 15) is 24.8 Å². The molecule has 1 aliphatic heterocycles. The Balaban J connectivity index is 2.20. The summed E-state index contributed by atoms with van der Waals surface area (Å²) >= 11 is 0. The third kappa shape index (κ3) is 3.65. The van der Waals surface area contributed by atoms with Crippen LogP contribution in [0.1, 0.15) is 25.3 Å². The fourth-order valence-electron chi connectivity index (χ4n) is 2.28. The molecule has 0 amide bonds. The van der Waals surface area contributed by atoms with E-state index in [4.69, 9.17) is 9.47 Å². The summed E-state index contributed by atoms with van der Waals surface area (Å²) in [7, 11) is 0. The summed E-state index contributed by atoms with van der Waals surface area (Å²) in [5.41, 5.74) is 0.532. The number of rotatable bonds is 6. The minimum absolute atomic E-state index is 0.0234. The molecule has 0 aromatic heterocycles. The Morgan fingerprint density at radius 2 is 2.04 bits per heavy atom. The first kappa shape index (κ1) is 16.5. The lowest BCUT2D eigenvalue weighted by atomic mass is 9.97. The van der Waals surface area contributed by atoms with Crippen LogP contribution in [0.4, 0.5) is 5.69 Å². The number of hydrogen-bond donors (Lipinski definition) is 1. The molecule has 1 atom stereocenters. The second-order valence-corrected chi connectivity index (χ2v) is 4.80. The molecule has 1 N–H and O–H groups in total. The molecule has 0 saturated carbocycles. The molecule has 1 heterocycles.